The highest BCUT2D eigenvalue weighted by molar-refractivity contribution is 5.96. The van der Waals surface area contributed by atoms with Crippen LogP contribution in [0.2, 0.25) is 0 Å². The molecule has 5 heteroatoms. The van der Waals surface area contributed by atoms with E-state index in [9.17, 15) is 14.0 Å². The maximum atomic E-state index is 12.8. The van der Waals surface area contributed by atoms with Gasteiger partial charge in [-0.05, 0) is 30.2 Å². The van der Waals surface area contributed by atoms with Crippen molar-refractivity contribution >= 4 is 11.8 Å². The average molecular weight is 314 g/mol. The van der Waals surface area contributed by atoms with Gasteiger partial charge in [0.2, 0.25) is 11.8 Å². The molecule has 0 atom stereocenters. The Labute approximate surface area is 134 Å². The second kappa shape index (κ2) is 8.08. The number of benzene rings is 2. The lowest BCUT2D eigenvalue weighted by molar-refractivity contribution is -0.129. The molecule has 120 valence electrons. The first-order valence-corrected chi connectivity index (χ1v) is 7.36. The maximum Gasteiger partial charge on any atom is 0.229 e. The molecule has 0 unspecified atom stereocenters. The second-order valence-corrected chi connectivity index (χ2v) is 5.34. The lowest BCUT2D eigenvalue weighted by atomic mass is 10.1. The van der Waals surface area contributed by atoms with Gasteiger partial charge in [0.15, 0.2) is 0 Å². The summed E-state index contributed by atoms with van der Waals surface area (Å²) in [5.41, 5.74) is 2.91. The van der Waals surface area contributed by atoms with E-state index in [1.807, 2.05) is 31.2 Å². The third-order valence-electron chi connectivity index (χ3n) is 3.33. The summed E-state index contributed by atoms with van der Waals surface area (Å²) in [7, 11) is 0. The number of nitrogens with one attached hydrogen (secondary N) is 2. The zero-order chi connectivity index (χ0) is 16.7. The van der Waals surface area contributed by atoms with E-state index in [4.69, 9.17) is 0 Å². The van der Waals surface area contributed by atoms with Gasteiger partial charge in [0.1, 0.15) is 12.2 Å². The summed E-state index contributed by atoms with van der Waals surface area (Å²) in [5, 5.41) is 5.34. The summed E-state index contributed by atoms with van der Waals surface area (Å²) in [4.78, 5) is 23.4. The zero-order valence-electron chi connectivity index (χ0n) is 12.9. The highest BCUT2D eigenvalue weighted by Crippen LogP contribution is 2.03. The Morgan fingerprint density at radius 3 is 1.74 bits per heavy atom. The van der Waals surface area contributed by atoms with Crippen LogP contribution in [-0.4, -0.2) is 11.8 Å². The topological polar surface area (TPSA) is 58.2 Å². The minimum Gasteiger partial charge on any atom is -0.352 e. The van der Waals surface area contributed by atoms with E-state index >= 15 is 0 Å². The monoisotopic (exact) mass is 314 g/mol. The number of carbonyl (C=O) groups is 2. The Morgan fingerprint density at radius 2 is 1.26 bits per heavy atom. The first-order valence-electron chi connectivity index (χ1n) is 7.36. The van der Waals surface area contributed by atoms with Crippen molar-refractivity contribution in [3.63, 3.8) is 0 Å². The average Bonchev–Trinajstić information content (AvgIpc) is 2.54. The lowest BCUT2D eigenvalue weighted by Crippen LogP contribution is -2.31. The van der Waals surface area contributed by atoms with Crippen LogP contribution in [0, 0.1) is 12.7 Å². The smallest absolute Gasteiger partial charge is 0.229 e. The van der Waals surface area contributed by atoms with E-state index in [1.54, 1.807) is 12.1 Å². The number of amides is 2. The number of carbonyl (C=O) groups excluding carboxylic acids is 2. The molecule has 2 amide bonds. The SMILES string of the molecule is Cc1ccc(CNC(=O)CC(=O)NCc2ccc(F)cc2)cc1. The lowest BCUT2D eigenvalue weighted by Gasteiger charge is -2.07. The van der Waals surface area contributed by atoms with Crippen molar-refractivity contribution in [3.05, 3.63) is 71.0 Å². The molecule has 0 aliphatic heterocycles. The minimum absolute atomic E-state index is 0.229. The van der Waals surface area contributed by atoms with Crippen LogP contribution in [0.3, 0.4) is 0 Å². The molecule has 0 aromatic heterocycles. The largest absolute Gasteiger partial charge is 0.352 e. The molecule has 0 aliphatic carbocycles. The fourth-order valence-corrected chi connectivity index (χ4v) is 1.98. The molecule has 2 N–H and O–H groups in total. The Morgan fingerprint density at radius 1 is 0.826 bits per heavy atom. The molecule has 4 nitrogen and oxygen atoms in total. The van der Waals surface area contributed by atoms with Crippen LogP contribution in [0.25, 0.3) is 0 Å². The minimum atomic E-state index is -0.365. The molecular formula is C18H19FN2O2. The van der Waals surface area contributed by atoms with Crippen LogP contribution in [0.4, 0.5) is 4.39 Å². The van der Waals surface area contributed by atoms with E-state index in [1.165, 1.54) is 12.1 Å². The molecular weight excluding hydrogens is 295 g/mol. The van der Waals surface area contributed by atoms with Crippen LogP contribution in [0.5, 0.6) is 0 Å². The van der Waals surface area contributed by atoms with E-state index in [-0.39, 0.29) is 30.6 Å². The van der Waals surface area contributed by atoms with Gasteiger partial charge in [-0.1, -0.05) is 42.0 Å². The number of hydrogen-bond acceptors (Lipinski definition) is 2. The predicted molar refractivity (Wildman–Crippen MR) is 85.9 cm³/mol. The summed E-state index contributed by atoms with van der Waals surface area (Å²) in [5.74, 6) is -1.02. The highest BCUT2D eigenvalue weighted by atomic mass is 19.1. The number of halogens is 1. The van der Waals surface area contributed by atoms with E-state index < -0.39 is 0 Å². The number of aryl methyl sites for hydroxylation is 1. The van der Waals surface area contributed by atoms with Crippen molar-refractivity contribution in [2.45, 2.75) is 26.4 Å². The fourth-order valence-electron chi connectivity index (χ4n) is 1.98. The van der Waals surface area contributed by atoms with Gasteiger partial charge in [0.05, 0.1) is 0 Å². The summed E-state index contributed by atoms with van der Waals surface area (Å²) in [6, 6.07) is 13.6. The summed E-state index contributed by atoms with van der Waals surface area (Å²) < 4.78 is 12.8. The van der Waals surface area contributed by atoms with Gasteiger partial charge in [-0.25, -0.2) is 4.39 Å². The van der Waals surface area contributed by atoms with Crippen LogP contribution >= 0.6 is 0 Å². The molecule has 0 bridgehead atoms. The van der Waals surface area contributed by atoms with Gasteiger partial charge in [0, 0.05) is 13.1 Å². The third-order valence-corrected chi connectivity index (χ3v) is 3.33. The third kappa shape index (κ3) is 5.90. The molecule has 0 saturated heterocycles. The first-order chi connectivity index (χ1) is 11.0. The van der Waals surface area contributed by atoms with E-state index in [0.29, 0.717) is 6.54 Å². The Bertz CT molecular complexity index is 607. The second-order valence-electron chi connectivity index (χ2n) is 5.34. The first kappa shape index (κ1) is 16.7. The Kier molecular flexibility index (Phi) is 5.86. The van der Waals surface area contributed by atoms with Gasteiger partial charge in [-0.15, -0.1) is 0 Å². The van der Waals surface area contributed by atoms with Gasteiger partial charge in [0.25, 0.3) is 0 Å². The van der Waals surface area contributed by atoms with Gasteiger partial charge >= 0.3 is 0 Å². The molecule has 0 radical (unpaired) electrons. The van der Waals surface area contributed by atoms with Gasteiger partial charge < -0.3 is 10.6 Å². The molecule has 0 heterocycles. The standard InChI is InChI=1S/C18H19FN2O2/c1-13-2-4-14(5-3-13)11-20-17(22)10-18(23)21-12-15-6-8-16(19)9-7-15/h2-9H,10-12H2,1H3,(H,20,22)(H,21,23). The normalized spacial score (nSPS) is 10.2. The molecule has 2 aromatic rings. The Hall–Kier alpha value is -2.69. The summed E-state index contributed by atoms with van der Waals surface area (Å²) in [6.07, 6.45) is -0.229. The van der Waals surface area contributed by atoms with Crippen molar-refractivity contribution in [1.82, 2.24) is 10.6 Å². The van der Waals surface area contributed by atoms with Crippen LogP contribution in [-0.2, 0) is 22.7 Å². The molecule has 0 aliphatic rings. The van der Waals surface area contributed by atoms with Crippen LogP contribution < -0.4 is 10.6 Å². The van der Waals surface area contributed by atoms with Crippen molar-refractivity contribution in [1.29, 1.82) is 0 Å². The molecule has 23 heavy (non-hydrogen) atoms. The molecule has 2 aromatic carbocycles. The van der Waals surface area contributed by atoms with Crippen molar-refractivity contribution in [2.75, 3.05) is 0 Å². The highest BCUT2D eigenvalue weighted by Gasteiger charge is 2.09. The Balaban J connectivity index is 1.70. The zero-order valence-corrected chi connectivity index (χ0v) is 12.9. The number of hydrogen-bond donors (Lipinski definition) is 2. The van der Waals surface area contributed by atoms with E-state index in [0.717, 1.165) is 16.7 Å². The quantitative estimate of drug-likeness (QED) is 0.805. The molecule has 0 saturated carbocycles. The van der Waals surface area contributed by atoms with Gasteiger partial charge in [-0.2, -0.15) is 0 Å². The van der Waals surface area contributed by atoms with Crippen LogP contribution in [0.1, 0.15) is 23.1 Å². The summed E-state index contributed by atoms with van der Waals surface area (Å²) in [6.45, 7) is 2.66. The van der Waals surface area contributed by atoms with Crippen molar-refractivity contribution < 1.29 is 14.0 Å². The fraction of sp³-hybridized carbons (Fsp3) is 0.222. The molecule has 0 fully saturated rings. The van der Waals surface area contributed by atoms with Crippen molar-refractivity contribution in [2.24, 2.45) is 0 Å². The van der Waals surface area contributed by atoms with Crippen molar-refractivity contribution in [3.8, 4) is 0 Å². The predicted octanol–water partition coefficient (Wildman–Crippen LogP) is 2.46. The maximum absolute atomic E-state index is 12.8. The molecule has 0 spiro atoms. The molecule has 2 rings (SSSR count). The summed E-state index contributed by atoms with van der Waals surface area (Å²) >= 11 is 0. The van der Waals surface area contributed by atoms with E-state index in [2.05, 4.69) is 10.6 Å². The van der Waals surface area contributed by atoms with Crippen LogP contribution in [0.15, 0.2) is 48.5 Å². The number of rotatable bonds is 6. The van der Waals surface area contributed by atoms with Gasteiger partial charge in [-0.3, -0.25) is 9.59 Å².